The first-order chi connectivity index (χ1) is 9.22. The van der Waals surface area contributed by atoms with E-state index in [-0.39, 0.29) is 6.04 Å². The summed E-state index contributed by atoms with van der Waals surface area (Å²) in [6, 6.07) is 14.4. The second-order valence-corrected chi connectivity index (χ2v) is 6.24. The van der Waals surface area contributed by atoms with Gasteiger partial charge in [-0.25, -0.2) is 0 Å². The first kappa shape index (κ1) is 12.7. The molecule has 0 bridgehead atoms. The highest BCUT2D eigenvalue weighted by atomic mass is 35.5. The van der Waals surface area contributed by atoms with Gasteiger partial charge in [0.25, 0.3) is 0 Å². The number of halogens is 1. The SMILES string of the molecule is CC(NCc1cc2ccccc2o1)c1ccc(Cl)s1. The Hall–Kier alpha value is -1.29. The van der Waals surface area contributed by atoms with Crippen molar-refractivity contribution in [3.8, 4) is 0 Å². The minimum Gasteiger partial charge on any atom is -0.460 e. The second-order valence-electron chi connectivity index (χ2n) is 4.50. The molecule has 0 spiro atoms. The van der Waals surface area contributed by atoms with Crippen LogP contribution in [0.2, 0.25) is 4.34 Å². The van der Waals surface area contributed by atoms with Gasteiger partial charge in [0.05, 0.1) is 10.9 Å². The smallest absolute Gasteiger partial charge is 0.134 e. The van der Waals surface area contributed by atoms with Gasteiger partial charge in [-0.2, -0.15) is 0 Å². The molecule has 19 heavy (non-hydrogen) atoms. The highest BCUT2D eigenvalue weighted by Crippen LogP contribution is 2.27. The molecule has 4 heteroatoms. The molecule has 1 aromatic carbocycles. The number of rotatable bonds is 4. The third-order valence-electron chi connectivity index (χ3n) is 3.08. The van der Waals surface area contributed by atoms with Gasteiger partial charge in [-0.3, -0.25) is 0 Å². The Morgan fingerprint density at radius 1 is 1.26 bits per heavy atom. The summed E-state index contributed by atoms with van der Waals surface area (Å²) in [4.78, 5) is 1.24. The summed E-state index contributed by atoms with van der Waals surface area (Å²) in [7, 11) is 0. The van der Waals surface area contributed by atoms with E-state index in [4.69, 9.17) is 16.0 Å². The van der Waals surface area contributed by atoms with Crippen LogP contribution in [0.3, 0.4) is 0 Å². The molecule has 2 aromatic heterocycles. The molecule has 1 unspecified atom stereocenters. The summed E-state index contributed by atoms with van der Waals surface area (Å²) in [5.41, 5.74) is 0.936. The van der Waals surface area contributed by atoms with Crippen molar-refractivity contribution in [3.05, 3.63) is 57.4 Å². The first-order valence-corrected chi connectivity index (χ1v) is 7.38. The summed E-state index contributed by atoms with van der Waals surface area (Å²) < 4.78 is 6.60. The van der Waals surface area contributed by atoms with Crippen molar-refractivity contribution in [1.29, 1.82) is 0 Å². The largest absolute Gasteiger partial charge is 0.460 e. The predicted molar refractivity (Wildman–Crippen MR) is 80.8 cm³/mol. The van der Waals surface area contributed by atoms with E-state index in [1.54, 1.807) is 11.3 Å². The first-order valence-electron chi connectivity index (χ1n) is 6.18. The molecule has 0 aliphatic rings. The van der Waals surface area contributed by atoms with E-state index in [0.717, 1.165) is 21.1 Å². The van der Waals surface area contributed by atoms with Gasteiger partial charge >= 0.3 is 0 Å². The van der Waals surface area contributed by atoms with Crippen molar-refractivity contribution in [3.63, 3.8) is 0 Å². The normalized spacial score (nSPS) is 12.9. The Labute approximate surface area is 121 Å². The van der Waals surface area contributed by atoms with Gasteiger partial charge < -0.3 is 9.73 Å². The molecule has 3 aromatic rings. The van der Waals surface area contributed by atoms with Gasteiger partial charge in [0.1, 0.15) is 11.3 Å². The molecule has 3 rings (SSSR count). The summed E-state index contributed by atoms with van der Waals surface area (Å²) in [5, 5.41) is 4.59. The van der Waals surface area contributed by atoms with Crippen LogP contribution in [0.5, 0.6) is 0 Å². The number of benzene rings is 1. The van der Waals surface area contributed by atoms with Gasteiger partial charge in [-0.15, -0.1) is 11.3 Å². The van der Waals surface area contributed by atoms with Gasteiger partial charge in [0, 0.05) is 16.3 Å². The molecule has 0 amide bonds. The second kappa shape index (κ2) is 5.37. The topological polar surface area (TPSA) is 25.2 Å². The van der Waals surface area contributed by atoms with Crippen LogP contribution in [-0.4, -0.2) is 0 Å². The lowest BCUT2D eigenvalue weighted by Crippen LogP contribution is -2.16. The predicted octanol–water partition coefficient (Wildman–Crippen LogP) is 5.00. The van der Waals surface area contributed by atoms with Gasteiger partial charge in [0.2, 0.25) is 0 Å². The van der Waals surface area contributed by atoms with Crippen molar-refractivity contribution < 1.29 is 4.42 Å². The van der Waals surface area contributed by atoms with E-state index < -0.39 is 0 Å². The quantitative estimate of drug-likeness (QED) is 0.732. The highest BCUT2D eigenvalue weighted by molar-refractivity contribution is 7.16. The Bertz CT molecular complexity index is 655. The van der Waals surface area contributed by atoms with E-state index in [9.17, 15) is 0 Å². The van der Waals surface area contributed by atoms with Gasteiger partial charge in [-0.05, 0) is 31.2 Å². The fourth-order valence-electron chi connectivity index (χ4n) is 2.04. The molecule has 0 fully saturated rings. The van der Waals surface area contributed by atoms with E-state index >= 15 is 0 Å². The standard InChI is InChI=1S/C15H14ClNOS/c1-10(14-6-7-15(16)19-14)17-9-12-8-11-4-2-3-5-13(11)18-12/h2-8,10,17H,9H2,1H3. The van der Waals surface area contributed by atoms with Crippen molar-refractivity contribution in [2.45, 2.75) is 19.5 Å². The highest BCUT2D eigenvalue weighted by Gasteiger charge is 2.09. The zero-order valence-electron chi connectivity index (χ0n) is 10.5. The van der Waals surface area contributed by atoms with Crippen LogP contribution in [0, 0.1) is 0 Å². The fourth-order valence-corrected chi connectivity index (χ4v) is 3.13. The van der Waals surface area contributed by atoms with Crippen molar-refractivity contribution >= 4 is 33.9 Å². The minimum absolute atomic E-state index is 0.269. The van der Waals surface area contributed by atoms with E-state index in [1.807, 2.05) is 24.3 Å². The molecule has 0 aliphatic carbocycles. The molecule has 0 radical (unpaired) electrons. The lowest BCUT2D eigenvalue weighted by Gasteiger charge is -2.10. The number of para-hydroxylation sites is 1. The Morgan fingerprint density at radius 2 is 2.11 bits per heavy atom. The number of thiophene rings is 1. The van der Waals surface area contributed by atoms with Crippen LogP contribution in [0.1, 0.15) is 23.6 Å². The lowest BCUT2D eigenvalue weighted by molar-refractivity contribution is 0.485. The Kier molecular flexibility index (Phi) is 3.60. The molecule has 0 aliphatic heterocycles. The molecule has 1 atom stereocenters. The van der Waals surface area contributed by atoms with Gasteiger partial charge in [0.15, 0.2) is 0 Å². The third kappa shape index (κ3) is 2.84. The minimum atomic E-state index is 0.269. The zero-order chi connectivity index (χ0) is 13.2. The molecule has 2 nitrogen and oxygen atoms in total. The van der Waals surface area contributed by atoms with E-state index in [2.05, 4.69) is 30.4 Å². The number of nitrogens with one attached hydrogen (secondary N) is 1. The average molecular weight is 292 g/mol. The molecular formula is C15H14ClNOS. The summed E-state index contributed by atoms with van der Waals surface area (Å²) in [6.45, 7) is 2.84. The number of hydrogen-bond acceptors (Lipinski definition) is 3. The van der Waals surface area contributed by atoms with Crippen molar-refractivity contribution in [2.75, 3.05) is 0 Å². The maximum atomic E-state index is 5.95. The molecule has 98 valence electrons. The number of fused-ring (bicyclic) bond motifs is 1. The molecule has 0 saturated heterocycles. The maximum absolute atomic E-state index is 5.95. The maximum Gasteiger partial charge on any atom is 0.134 e. The van der Waals surface area contributed by atoms with Crippen LogP contribution in [0.15, 0.2) is 46.9 Å². The Balaban J connectivity index is 1.68. The molecule has 1 N–H and O–H groups in total. The van der Waals surface area contributed by atoms with Crippen LogP contribution in [0.4, 0.5) is 0 Å². The fraction of sp³-hybridized carbons (Fsp3) is 0.200. The van der Waals surface area contributed by atoms with Gasteiger partial charge in [-0.1, -0.05) is 29.8 Å². The molecule has 0 saturated carbocycles. The summed E-state index contributed by atoms with van der Waals surface area (Å²) >= 11 is 7.56. The lowest BCUT2D eigenvalue weighted by atomic mass is 10.2. The Morgan fingerprint density at radius 3 is 2.84 bits per heavy atom. The summed E-state index contributed by atoms with van der Waals surface area (Å²) in [6.07, 6.45) is 0. The third-order valence-corrected chi connectivity index (χ3v) is 4.49. The van der Waals surface area contributed by atoms with E-state index in [1.165, 1.54) is 4.88 Å². The number of furan rings is 1. The van der Waals surface area contributed by atoms with Crippen molar-refractivity contribution in [2.24, 2.45) is 0 Å². The monoisotopic (exact) mass is 291 g/mol. The van der Waals surface area contributed by atoms with Crippen LogP contribution in [0.25, 0.3) is 11.0 Å². The van der Waals surface area contributed by atoms with E-state index in [0.29, 0.717) is 6.54 Å². The zero-order valence-corrected chi connectivity index (χ0v) is 12.1. The van der Waals surface area contributed by atoms with Crippen LogP contribution in [-0.2, 0) is 6.54 Å². The van der Waals surface area contributed by atoms with Crippen LogP contribution >= 0.6 is 22.9 Å². The average Bonchev–Trinajstić information content (AvgIpc) is 3.01. The molecular weight excluding hydrogens is 278 g/mol. The molecule has 2 heterocycles. The summed E-state index contributed by atoms with van der Waals surface area (Å²) in [5.74, 6) is 0.954. The van der Waals surface area contributed by atoms with Crippen LogP contribution < -0.4 is 5.32 Å². The van der Waals surface area contributed by atoms with Crippen molar-refractivity contribution in [1.82, 2.24) is 5.32 Å². The number of hydrogen-bond donors (Lipinski definition) is 1.